The monoisotopic (exact) mass is 568 g/mol. The lowest BCUT2D eigenvalue weighted by Crippen LogP contribution is -2.37. The van der Waals surface area contributed by atoms with Gasteiger partial charge in [0.25, 0.3) is 0 Å². The highest BCUT2D eigenvalue weighted by atomic mass is 79.9. The third kappa shape index (κ3) is 5.51. The highest BCUT2D eigenvalue weighted by Crippen LogP contribution is 2.32. The molecule has 0 saturated carbocycles. The molecule has 1 aliphatic rings. The molecule has 0 unspecified atom stereocenters. The zero-order valence-electron chi connectivity index (χ0n) is 19.2. The van der Waals surface area contributed by atoms with Gasteiger partial charge in [0, 0.05) is 34.1 Å². The molecule has 0 aliphatic carbocycles. The van der Waals surface area contributed by atoms with Crippen LogP contribution in [0.4, 0.5) is 0 Å². The minimum Gasteiger partial charge on any atom is -0.457 e. The number of rotatable bonds is 6. The number of sulfonamides is 1. The summed E-state index contributed by atoms with van der Waals surface area (Å²) in [6, 6.07) is 22.6. The Labute approximate surface area is 218 Å². The molecule has 180 valence electrons. The second-order valence-corrected chi connectivity index (χ2v) is 12.4. The van der Waals surface area contributed by atoms with Crippen molar-refractivity contribution in [2.24, 2.45) is 5.92 Å². The molecule has 0 bridgehead atoms. The van der Waals surface area contributed by atoms with Crippen LogP contribution in [-0.4, -0.2) is 30.8 Å². The van der Waals surface area contributed by atoms with Gasteiger partial charge in [-0.25, -0.2) is 13.4 Å². The van der Waals surface area contributed by atoms with E-state index in [0.717, 1.165) is 50.6 Å². The predicted molar refractivity (Wildman–Crippen MR) is 144 cm³/mol. The third-order valence-electron chi connectivity index (χ3n) is 6.16. The number of nitrogens with zero attached hydrogens (tertiary/aromatic N) is 2. The van der Waals surface area contributed by atoms with Crippen molar-refractivity contribution in [2.75, 3.05) is 13.1 Å². The van der Waals surface area contributed by atoms with E-state index in [4.69, 9.17) is 9.72 Å². The Morgan fingerprint density at radius 1 is 0.943 bits per heavy atom. The highest BCUT2D eigenvalue weighted by Gasteiger charge is 2.28. The molecular weight excluding hydrogens is 544 g/mol. The lowest BCUT2D eigenvalue weighted by atomic mass is 10.0. The fourth-order valence-electron chi connectivity index (χ4n) is 4.03. The third-order valence-corrected chi connectivity index (χ3v) is 9.48. The van der Waals surface area contributed by atoms with Gasteiger partial charge in [-0.2, -0.15) is 4.31 Å². The van der Waals surface area contributed by atoms with E-state index in [-0.39, 0.29) is 0 Å². The van der Waals surface area contributed by atoms with Gasteiger partial charge in [-0.15, -0.1) is 11.3 Å². The van der Waals surface area contributed by atoms with E-state index in [1.165, 1.54) is 11.3 Å². The normalized spacial score (nSPS) is 15.3. The van der Waals surface area contributed by atoms with Crippen molar-refractivity contribution >= 4 is 37.3 Å². The first-order valence-electron chi connectivity index (χ1n) is 11.5. The van der Waals surface area contributed by atoms with Gasteiger partial charge in [0.15, 0.2) is 0 Å². The number of thiazole rings is 1. The van der Waals surface area contributed by atoms with E-state index in [1.807, 2.05) is 60.0 Å². The summed E-state index contributed by atoms with van der Waals surface area (Å²) in [6.45, 7) is 3.33. The zero-order valence-corrected chi connectivity index (χ0v) is 22.4. The van der Waals surface area contributed by atoms with Crippen molar-refractivity contribution in [3.8, 4) is 33.3 Å². The Bertz CT molecular complexity index is 1410. The van der Waals surface area contributed by atoms with Crippen LogP contribution in [0.5, 0.6) is 11.5 Å². The maximum absolute atomic E-state index is 13.2. The van der Waals surface area contributed by atoms with Gasteiger partial charge in [-0.3, -0.25) is 0 Å². The molecule has 0 atom stereocenters. The molecule has 5 nitrogen and oxygen atoms in total. The van der Waals surface area contributed by atoms with Crippen LogP contribution < -0.4 is 4.74 Å². The molecule has 0 N–H and O–H groups in total. The van der Waals surface area contributed by atoms with Crippen LogP contribution in [0.15, 0.2) is 87.5 Å². The van der Waals surface area contributed by atoms with Crippen molar-refractivity contribution in [3.05, 3.63) is 82.6 Å². The molecule has 4 aromatic rings. The van der Waals surface area contributed by atoms with E-state index in [1.54, 1.807) is 22.5 Å². The number of hydrogen-bond acceptors (Lipinski definition) is 5. The number of ether oxygens (including phenoxy) is 1. The van der Waals surface area contributed by atoms with Crippen LogP contribution in [0.1, 0.15) is 19.8 Å². The maximum Gasteiger partial charge on any atom is 0.243 e. The van der Waals surface area contributed by atoms with E-state index < -0.39 is 10.0 Å². The summed E-state index contributed by atoms with van der Waals surface area (Å²) in [5.41, 5.74) is 2.55. The van der Waals surface area contributed by atoms with Crippen LogP contribution >= 0.6 is 27.3 Å². The Morgan fingerprint density at radius 2 is 1.60 bits per heavy atom. The fraction of sp³-hybridized carbons (Fsp3) is 0.222. The van der Waals surface area contributed by atoms with Gasteiger partial charge in [0.2, 0.25) is 10.0 Å². The van der Waals surface area contributed by atoms with Gasteiger partial charge in [-0.05, 0) is 79.4 Å². The number of halogens is 1. The number of piperidine rings is 1. The lowest BCUT2D eigenvalue weighted by molar-refractivity contribution is 0.288. The first-order valence-corrected chi connectivity index (χ1v) is 14.6. The molecular formula is C27H25BrN2O3S2. The van der Waals surface area contributed by atoms with Gasteiger partial charge in [0.1, 0.15) is 16.5 Å². The molecule has 0 radical (unpaired) electrons. The smallest absolute Gasteiger partial charge is 0.243 e. The molecule has 1 aliphatic heterocycles. The summed E-state index contributed by atoms with van der Waals surface area (Å²) in [6.07, 6.45) is 1.81. The van der Waals surface area contributed by atoms with Crippen LogP contribution in [0.2, 0.25) is 0 Å². The zero-order chi connectivity index (χ0) is 24.4. The van der Waals surface area contributed by atoms with Crippen molar-refractivity contribution in [1.82, 2.24) is 9.29 Å². The molecule has 35 heavy (non-hydrogen) atoms. The second kappa shape index (κ2) is 10.2. The molecule has 1 aromatic heterocycles. The number of hydrogen-bond donors (Lipinski definition) is 0. The van der Waals surface area contributed by atoms with Crippen molar-refractivity contribution < 1.29 is 13.2 Å². The lowest BCUT2D eigenvalue weighted by Gasteiger charge is -2.29. The molecule has 1 fully saturated rings. The molecule has 1 saturated heterocycles. The first kappa shape index (κ1) is 24.2. The molecule has 0 spiro atoms. The summed E-state index contributed by atoms with van der Waals surface area (Å²) < 4.78 is 34.9. The Balaban J connectivity index is 1.33. The van der Waals surface area contributed by atoms with Crippen LogP contribution in [0.25, 0.3) is 21.8 Å². The standard InChI is InChI=1S/C27H25BrN2O3S2/c1-19-13-15-30(16-14-19)35(31,32)25-4-2-3-21(17-25)26-18-34-27(29-26)20-5-9-23(10-6-20)33-24-11-7-22(28)8-12-24/h2-12,17-19H,13-16H2,1H3. The van der Waals surface area contributed by atoms with Gasteiger partial charge >= 0.3 is 0 Å². The summed E-state index contributed by atoms with van der Waals surface area (Å²) in [4.78, 5) is 5.11. The van der Waals surface area contributed by atoms with Crippen LogP contribution in [-0.2, 0) is 10.0 Å². The largest absolute Gasteiger partial charge is 0.457 e. The van der Waals surface area contributed by atoms with Crippen molar-refractivity contribution in [3.63, 3.8) is 0 Å². The number of aromatic nitrogens is 1. The predicted octanol–water partition coefficient (Wildman–Crippen LogP) is 7.45. The highest BCUT2D eigenvalue weighted by molar-refractivity contribution is 9.10. The van der Waals surface area contributed by atoms with E-state index in [0.29, 0.717) is 23.9 Å². The molecule has 3 aromatic carbocycles. The summed E-state index contributed by atoms with van der Waals surface area (Å²) >= 11 is 4.96. The van der Waals surface area contributed by atoms with Crippen LogP contribution in [0.3, 0.4) is 0 Å². The topological polar surface area (TPSA) is 59.5 Å². The SMILES string of the molecule is CC1CCN(S(=O)(=O)c2cccc(-c3csc(-c4ccc(Oc5ccc(Br)cc5)cc4)n3)c2)CC1. The van der Waals surface area contributed by atoms with Crippen molar-refractivity contribution in [2.45, 2.75) is 24.7 Å². The average molecular weight is 570 g/mol. The second-order valence-electron chi connectivity index (χ2n) is 8.73. The van der Waals surface area contributed by atoms with E-state index >= 15 is 0 Å². The van der Waals surface area contributed by atoms with Gasteiger partial charge in [0.05, 0.1) is 10.6 Å². The number of benzene rings is 3. The van der Waals surface area contributed by atoms with Crippen molar-refractivity contribution in [1.29, 1.82) is 0 Å². The minimum atomic E-state index is -3.50. The maximum atomic E-state index is 13.2. The molecule has 0 amide bonds. The van der Waals surface area contributed by atoms with Gasteiger partial charge in [-0.1, -0.05) is 35.0 Å². The Kier molecular flexibility index (Phi) is 7.07. The van der Waals surface area contributed by atoms with E-state index in [2.05, 4.69) is 22.9 Å². The average Bonchev–Trinajstić information content (AvgIpc) is 3.37. The quantitative estimate of drug-likeness (QED) is 0.242. The first-order chi connectivity index (χ1) is 16.9. The van der Waals surface area contributed by atoms with E-state index in [9.17, 15) is 8.42 Å². The van der Waals surface area contributed by atoms with Gasteiger partial charge < -0.3 is 4.74 Å². The molecule has 5 rings (SSSR count). The molecule has 8 heteroatoms. The fourth-order valence-corrected chi connectivity index (χ4v) is 6.65. The van der Waals surface area contributed by atoms with Crippen LogP contribution in [0, 0.1) is 5.92 Å². The molecule has 2 heterocycles. The summed E-state index contributed by atoms with van der Waals surface area (Å²) in [5, 5.41) is 2.84. The Hall–Kier alpha value is -2.52. The summed E-state index contributed by atoms with van der Waals surface area (Å²) in [7, 11) is -3.50. The Morgan fingerprint density at radius 3 is 2.29 bits per heavy atom. The summed E-state index contributed by atoms with van der Waals surface area (Å²) in [5.74, 6) is 2.09. The minimum absolute atomic E-state index is 0.327.